The van der Waals surface area contributed by atoms with Crippen LogP contribution in [0, 0.1) is 0 Å². The summed E-state index contributed by atoms with van der Waals surface area (Å²) in [4.78, 5) is 15.9. The number of ether oxygens (including phenoxy) is 1. The van der Waals surface area contributed by atoms with Gasteiger partial charge in [-0.2, -0.15) is 0 Å². The van der Waals surface area contributed by atoms with E-state index in [1.165, 1.54) is 0 Å². The highest BCUT2D eigenvalue weighted by molar-refractivity contribution is 6.28. The monoisotopic (exact) mass is 334 g/mol. The number of aromatic amines is 1. The summed E-state index contributed by atoms with van der Waals surface area (Å²) < 4.78 is 5.17. The average Bonchev–Trinajstić information content (AvgIpc) is 3.02. The van der Waals surface area contributed by atoms with E-state index in [2.05, 4.69) is 10.3 Å². The number of nitrogens with one attached hydrogen (secondary N) is 2. The van der Waals surface area contributed by atoms with Gasteiger partial charge in [-0.05, 0) is 47.9 Å². The summed E-state index contributed by atoms with van der Waals surface area (Å²) in [6, 6.07) is 10.9. The van der Waals surface area contributed by atoms with Crippen molar-refractivity contribution in [2.75, 3.05) is 13.7 Å². The quantitative estimate of drug-likeness (QED) is 0.631. The lowest BCUT2D eigenvalue weighted by molar-refractivity contribution is -0.115. The lowest BCUT2D eigenvalue weighted by Crippen LogP contribution is -2.28. The molecular weight excluding hydrogens is 316 g/mol. The number of phenolic OH excluding ortho intramolecular Hbond substituents is 1. The van der Waals surface area contributed by atoms with E-state index in [4.69, 9.17) is 4.74 Å². The molecule has 2 heterocycles. The van der Waals surface area contributed by atoms with Crippen LogP contribution in [0.3, 0.4) is 0 Å². The molecule has 5 heteroatoms. The van der Waals surface area contributed by atoms with Gasteiger partial charge in [0.05, 0.1) is 12.7 Å². The molecule has 0 radical (unpaired) electrons. The van der Waals surface area contributed by atoms with Crippen LogP contribution in [-0.2, 0) is 11.2 Å². The lowest BCUT2D eigenvalue weighted by Gasteiger charge is -2.16. The van der Waals surface area contributed by atoms with E-state index in [9.17, 15) is 9.90 Å². The molecule has 0 spiro atoms. The van der Waals surface area contributed by atoms with Crippen LogP contribution in [0.2, 0.25) is 0 Å². The number of aromatic hydroxyl groups is 1. The molecule has 0 fully saturated rings. The Bertz CT molecular complexity index is 984. The third kappa shape index (κ3) is 2.63. The van der Waals surface area contributed by atoms with Crippen molar-refractivity contribution in [3.8, 4) is 11.5 Å². The average molecular weight is 334 g/mol. The molecule has 0 aliphatic carbocycles. The molecule has 0 bridgehead atoms. The standard InChI is InChI=1S/C20H18N2O3/c1-25-14-4-2-12(3-5-14)10-15-19-17(23)7-6-16-18(19)13(11-22-16)8-9-21-20(15)24/h2-7,10-11,22-23H,8-9H2,1H3,(H,21,24)/b15-10-. The highest BCUT2D eigenvalue weighted by atomic mass is 16.5. The Morgan fingerprint density at radius 2 is 1.96 bits per heavy atom. The fourth-order valence-corrected chi connectivity index (χ4v) is 3.28. The van der Waals surface area contributed by atoms with Crippen LogP contribution in [0.4, 0.5) is 0 Å². The van der Waals surface area contributed by atoms with Gasteiger partial charge in [-0.3, -0.25) is 4.79 Å². The highest BCUT2D eigenvalue weighted by Crippen LogP contribution is 2.37. The maximum absolute atomic E-state index is 12.7. The number of hydrogen-bond acceptors (Lipinski definition) is 3. The number of aromatic nitrogens is 1. The molecule has 126 valence electrons. The van der Waals surface area contributed by atoms with Crippen molar-refractivity contribution in [2.45, 2.75) is 6.42 Å². The summed E-state index contributed by atoms with van der Waals surface area (Å²) in [5.41, 5.74) is 3.88. The molecule has 5 nitrogen and oxygen atoms in total. The number of methoxy groups -OCH3 is 1. The zero-order valence-electron chi connectivity index (χ0n) is 13.8. The zero-order chi connectivity index (χ0) is 17.4. The minimum atomic E-state index is -0.189. The summed E-state index contributed by atoms with van der Waals surface area (Å²) in [6.07, 6.45) is 4.46. The second-order valence-corrected chi connectivity index (χ2v) is 6.03. The number of rotatable bonds is 2. The van der Waals surface area contributed by atoms with E-state index < -0.39 is 0 Å². The van der Waals surface area contributed by atoms with Gasteiger partial charge in [0.15, 0.2) is 0 Å². The first kappa shape index (κ1) is 15.3. The molecule has 1 amide bonds. The fourth-order valence-electron chi connectivity index (χ4n) is 3.28. The van der Waals surface area contributed by atoms with Crippen molar-refractivity contribution in [2.24, 2.45) is 0 Å². The van der Waals surface area contributed by atoms with Crippen LogP contribution in [0.1, 0.15) is 16.7 Å². The topological polar surface area (TPSA) is 74.3 Å². The first-order chi connectivity index (χ1) is 12.2. The van der Waals surface area contributed by atoms with E-state index in [0.717, 1.165) is 34.2 Å². The minimum absolute atomic E-state index is 0.102. The molecule has 3 aromatic rings. The van der Waals surface area contributed by atoms with Gasteiger partial charge in [-0.25, -0.2) is 0 Å². The van der Waals surface area contributed by atoms with Crippen LogP contribution in [-0.4, -0.2) is 29.7 Å². The van der Waals surface area contributed by atoms with E-state index >= 15 is 0 Å². The zero-order valence-corrected chi connectivity index (χ0v) is 13.8. The Balaban J connectivity index is 1.95. The van der Waals surface area contributed by atoms with E-state index in [-0.39, 0.29) is 11.7 Å². The Hall–Kier alpha value is -3.21. The molecule has 4 rings (SSSR count). The molecule has 1 aliphatic heterocycles. The van der Waals surface area contributed by atoms with Crippen LogP contribution >= 0.6 is 0 Å². The Labute approximate surface area is 144 Å². The molecule has 25 heavy (non-hydrogen) atoms. The van der Waals surface area contributed by atoms with Crippen molar-refractivity contribution in [1.29, 1.82) is 0 Å². The van der Waals surface area contributed by atoms with Gasteiger partial charge in [0.1, 0.15) is 11.5 Å². The van der Waals surface area contributed by atoms with Crippen LogP contribution in [0.5, 0.6) is 11.5 Å². The highest BCUT2D eigenvalue weighted by Gasteiger charge is 2.23. The number of benzene rings is 2. The summed E-state index contributed by atoms with van der Waals surface area (Å²) >= 11 is 0. The number of amides is 1. The summed E-state index contributed by atoms with van der Waals surface area (Å²) in [6.45, 7) is 0.556. The maximum Gasteiger partial charge on any atom is 0.252 e. The summed E-state index contributed by atoms with van der Waals surface area (Å²) in [5.74, 6) is 0.665. The molecule has 0 saturated heterocycles. The second kappa shape index (κ2) is 6.02. The third-order valence-corrected chi connectivity index (χ3v) is 4.53. The number of carbonyl (C=O) groups excluding carboxylic acids is 1. The minimum Gasteiger partial charge on any atom is -0.507 e. The summed E-state index contributed by atoms with van der Waals surface area (Å²) in [7, 11) is 1.61. The van der Waals surface area contributed by atoms with Crippen molar-refractivity contribution in [3.63, 3.8) is 0 Å². The normalized spacial score (nSPS) is 15.7. The largest absolute Gasteiger partial charge is 0.507 e. The van der Waals surface area contributed by atoms with Crippen LogP contribution in [0.15, 0.2) is 42.6 Å². The Morgan fingerprint density at radius 3 is 2.72 bits per heavy atom. The molecule has 1 aliphatic rings. The van der Waals surface area contributed by atoms with Crippen LogP contribution < -0.4 is 10.1 Å². The second-order valence-electron chi connectivity index (χ2n) is 6.03. The maximum atomic E-state index is 12.7. The Kier molecular flexibility index (Phi) is 3.69. The molecule has 0 saturated carbocycles. The van der Waals surface area contributed by atoms with E-state index in [1.54, 1.807) is 19.3 Å². The van der Waals surface area contributed by atoms with Gasteiger partial charge in [0.2, 0.25) is 0 Å². The lowest BCUT2D eigenvalue weighted by atomic mass is 9.93. The fraction of sp³-hybridized carbons (Fsp3) is 0.150. The number of carbonyl (C=O) groups is 1. The van der Waals surface area contributed by atoms with Gasteiger partial charge >= 0.3 is 0 Å². The molecule has 2 aromatic carbocycles. The number of hydrogen-bond donors (Lipinski definition) is 3. The predicted octanol–water partition coefficient (Wildman–Crippen LogP) is 3.10. The SMILES string of the molecule is COc1ccc(/C=C2\C(=O)NCCc3c[nH]c4ccc(O)c2c34)cc1. The van der Waals surface area contributed by atoms with Gasteiger partial charge in [0, 0.05) is 29.2 Å². The smallest absolute Gasteiger partial charge is 0.252 e. The van der Waals surface area contributed by atoms with Crippen molar-refractivity contribution >= 4 is 28.5 Å². The Morgan fingerprint density at radius 1 is 1.16 bits per heavy atom. The molecule has 0 atom stereocenters. The molecule has 3 N–H and O–H groups in total. The van der Waals surface area contributed by atoms with E-state index in [0.29, 0.717) is 17.7 Å². The van der Waals surface area contributed by atoms with Crippen molar-refractivity contribution in [1.82, 2.24) is 10.3 Å². The van der Waals surface area contributed by atoms with Gasteiger partial charge in [0.25, 0.3) is 5.91 Å². The molecule has 0 unspecified atom stereocenters. The van der Waals surface area contributed by atoms with Gasteiger partial charge in [-0.1, -0.05) is 12.1 Å². The predicted molar refractivity (Wildman–Crippen MR) is 97.5 cm³/mol. The third-order valence-electron chi connectivity index (χ3n) is 4.53. The van der Waals surface area contributed by atoms with Gasteiger partial charge < -0.3 is 20.1 Å². The first-order valence-electron chi connectivity index (χ1n) is 8.13. The van der Waals surface area contributed by atoms with Crippen molar-refractivity contribution < 1.29 is 14.6 Å². The molecular formula is C20H18N2O3. The summed E-state index contributed by atoms with van der Waals surface area (Å²) in [5, 5.41) is 14.3. The molecule has 1 aromatic heterocycles. The first-order valence-corrected chi connectivity index (χ1v) is 8.13. The van der Waals surface area contributed by atoms with E-state index in [1.807, 2.05) is 36.5 Å². The number of phenols is 1. The number of H-pyrrole nitrogens is 1. The van der Waals surface area contributed by atoms with Gasteiger partial charge in [-0.15, -0.1) is 0 Å². The van der Waals surface area contributed by atoms with Crippen molar-refractivity contribution in [3.05, 3.63) is 59.3 Å². The van der Waals surface area contributed by atoms with Crippen LogP contribution in [0.25, 0.3) is 22.6 Å².